The van der Waals surface area contributed by atoms with Gasteiger partial charge in [0.25, 0.3) is 0 Å². The second-order valence-electron chi connectivity index (χ2n) is 3.49. The fraction of sp³-hybridized carbons (Fsp3) is 0.167. The molecule has 0 aromatic heterocycles. The van der Waals surface area contributed by atoms with Crippen LogP contribution < -0.4 is 10.6 Å². The van der Waals surface area contributed by atoms with Gasteiger partial charge in [0, 0.05) is 0 Å². The molecule has 0 saturated heterocycles. The molecule has 0 heterocycles. The molecule has 3 N–H and O–H groups in total. The van der Waals surface area contributed by atoms with Gasteiger partial charge in [-0.05, 0) is 25.1 Å². The van der Waals surface area contributed by atoms with Crippen molar-refractivity contribution < 1.29 is 19.1 Å². The Balaban J connectivity index is 2.84. The van der Waals surface area contributed by atoms with E-state index in [1.807, 2.05) is 0 Å². The molecule has 0 radical (unpaired) electrons. The van der Waals surface area contributed by atoms with E-state index in [0.717, 1.165) is 18.2 Å². The van der Waals surface area contributed by atoms with E-state index >= 15 is 0 Å². The predicted octanol–water partition coefficient (Wildman–Crippen LogP) is 1.67. The number of carbonyl (C=O) groups is 2. The summed E-state index contributed by atoms with van der Waals surface area (Å²) in [5.41, 5.74) is -0.353. The van der Waals surface area contributed by atoms with Crippen molar-refractivity contribution in [2.45, 2.75) is 13.0 Å². The molecule has 0 spiro atoms. The van der Waals surface area contributed by atoms with Crippen LogP contribution in [0.15, 0.2) is 18.2 Å². The van der Waals surface area contributed by atoms with Gasteiger partial charge >= 0.3 is 12.0 Å². The molecule has 2 amide bonds. The number of carboxylic acid groups (broad SMARTS) is 1. The van der Waals surface area contributed by atoms with Gasteiger partial charge in [-0.1, -0.05) is 5.92 Å². The topological polar surface area (TPSA) is 78.4 Å². The summed E-state index contributed by atoms with van der Waals surface area (Å²) in [6, 6.07) is 1.87. The van der Waals surface area contributed by atoms with E-state index in [0.29, 0.717) is 0 Å². The Bertz CT molecular complexity index is 523. The number of halogens is 1. The van der Waals surface area contributed by atoms with Gasteiger partial charge in [0.2, 0.25) is 0 Å². The van der Waals surface area contributed by atoms with Gasteiger partial charge in [-0.3, -0.25) is 0 Å². The smallest absolute Gasteiger partial charge is 0.335 e. The van der Waals surface area contributed by atoms with Crippen molar-refractivity contribution in [1.29, 1.82) is 0 Å². The number of benzene rings is 1. The first-order valence-corrected chi connectivity index (χ1v) is 5.00. The van der Waals surface area contributed by atoms with E-state index in [-0.39, 0.29) is 11.3 Å². The lowest BCUT2D eigenvalue weighted by Crippen LogP contribution is -2.35. The van der Waals surface area contributed by atoms with Crippen molar-refractivity contribution in [3.8, 4) is 12.3 Å². The van der Waals surface area contributed by atoms with E-state index in [1.54, 1.807) is 6.92 Å². The number of amides is 2. The number of hydrogen-bond acceptors (Lipinski definition) is 2. The molecule has 0 aliphatic rings. The van der Waals surface area contributed by atoms with Crippen LogP contribution in [-0.2, 0) is 0 Å². The highest BCUT2D eigenvalue weighted by Crippen LogP contribution is 2.16. The van der Waals surface area contributed by atoms with Gasteiger partial charge in [0.05, 0.1) is 17.3 Å². The minimum atomic E-state index is -1.21. The summed E-state index contributed by atoms with van der Waals surface area (Å²) in [7, 11) is 0. The summed E-state index contributed by atoms with van der Waals surface area (Å²) in [6.07, 6.45) is 5.06. The Morgan fingerprint density at radius 1 is 1.50 bits per heavy atom. The Kier molecular flexibility index (Phi) is 4.27. The largest absolute Gasteiger partial charge is 0.478 e. The number of hydrogen-bond donors (Lipinski definition) is 3. The number of rotatable bonds is 3. The third-order valence-corrected chi connectivity index (χ3v) is 2.06. The van der Waals surface area contributed by atoms with Crippen LogP contribution in [0, 0.1) is 18.2 Å². The summed E-state index contributed by atoms with van der Waals surface area (Å²) in [5, 5.41) is 13.3. The first-order valence-electron chi connectivity index (χ1n) is 5.00. The standard InChI is InChI=1S/C12H11FN2O3/c1-3-7(2)14-12(18)15-10-6-8(11(16)17)4-5-9(10)13/h1,4-7H,2H3,(H,16,17)(H2,14,15,18). The molecule has 1 aromatic carbocycles. The second kappa shape index (κ2) is 5.68. The number of terminal acetylenes is 1. The lowest BCUT2D eigenvalue weighted by Gasteiger charge is -2.10. The molecule has 18 heavy (non-hydrogen) atoms. The molecular formula is C12H11FN2O3. The van der Waals surface area contributed by atoms with Gasteiger partial charge in [0.15, 0.2) is 0 Å². The Labute approximate surface area is 103 Å². The molecule has 1 atom stereocenters. The van der Waals surface area contributed by atoms with Crippen molar-refractivity contribution in [3.63, 3.8) is 0 Å². The summed E-state index contributed by atoms with van der Waals surface area (Å²) in [6.45, 7) is 1.57. The zero-order valence-corrected chi connectivity index (χ0v) is 9.53. The van der Waals surface area contributed by atoms with Gasteiger partial charge in [-0.15, -0.1) is 6.42 Å². The molecule has 1 rings (SSSR count). The SMILES string of the molecule is C#CC(C)NC(=O)Nc1cc(C(=O)O)ccc1F. The number of anilines is 1. The Morgan fingerprint density at radius 3 is 2.72 bits per heavy atom. The number of aromatic carboxylic acids is 1. The first kappa shape index (κ1) is 13.5. The molecular weight excluding hydrogens is 239 g/mol. The maximum absolute atomic E-state index is 13.3. The maximum Gasteiger partial charge on any atom is 0.335 e. The molecule has 0 aliphatic heterocycles. The Morgan fingerprint density at radius 2 is 2.17 bits per heavy atom. The quantitative estimate of drug-likeness (QED) is 0.714. The van der Waals surface area contributed by atoms with Crippen LogP contribution in [0.5, 0.6) is 0 Å². The van der Waals surface area contributed by atoms with Gasteiger partial charge in [-0.25, -0.2) is 14.0 Å². The molecule has 5 nitrogen and oxygen atoms in total. The second-order valence-corrected chi connectivity index (χ2v) is 3.49. The lowest BCUT2D eigenvalue weighted by molar-refractivity contribution is 0.0697. The highest BCUT2D eigenvalue weighted by Gasteiger charge is 2.11. The third-order valence-electron chi connectivity index (χ3n) is 2.06. The molecule has 1 unspecified atom stereocenters. The predicted molar refractivity (Wildman–Crippen MR) is 63.8 cm³/mol. The zero-order valence-electron chi connectivity index (χ0n) is 9.53. The van der Waals surface area contributed by atoms with Crippen LogP contribution in [0.25, 0.3) is 0 Å². The van der Waals surface area contributed by atoms with Gasteiger partial charge in [-0.2, -0.15) is 0 Å². The molecule has 0 bridgehead atoms. The summed E-state index contributed by atoms with van der Waals surface area (Å²) >= 11 is 0. The third kappa shape index (κ3) is 3.49. The van der Waals surface area contributed by atoms with Crippen LogP contribution in [0.4, 0.5) is 14.9 Å². The highest BCUT2D eigenvalue weighted by molar-refractivity contribution is 5.93. The molecule has 94 valence electrons. The normalized spacial score (nSPS) is 11.2. The summed E-state index contributed by atoms with van der Waals surface area (Å²) < 4.78 is 13.3. The van der Waals surface area contributed by atoms with Crippen molar-refractivity contribution in [3.05, 3.63) is 29.6 Å². The molecule has 1 aromatic rings. The van der Waals surface area contributed by atoms with E-state index < -0.39 is 23.9 Å². The fourth-order valence-electron chi connectivity index (χ4n) is 1.15. The van der Waals surface area contributed by atoms with E-state index in [1.165, 1.54) is 0 Å². The van der Waals surface area contributed by atoms with Gasteiger partial charge < -0.3 is 15.7 Å². The van der Waals surface area contributed by atoms with E-state index in [2.05, 4.69) is 16.6 Å². The minimum Gasteiger partial charge on any atom is -0.478 e. The van der Waals surface area contributed by atoms with Crippen molar-refractivity contribution in [2.75, 3.05) is 5.32 Å². The monoisotopic (exact) mass is 250 g/mol. The van der Waals surface area contributed by atoms with Crippen LogP contribution in [0.1, 0.15) is 17.3 Å². The zero-order chi connectivity index (χ0) is 13.7. The summed E-state index contributed by atoms with van der Waals surface area (Å²) in [4.78, 5) is 22.1. The average molecular weight is 250 g/mol. The molecule has 0 saturated carbocycles. The van der Waals surface area contributed by atoms with Crippen molar-refractivity contribution in [1.82, 2.24) is 5.32 Å². The number of nitrogens with one attached hydrogen (secondary N) is 2. The Hall–Kier alpha value is -2.55. The number of urea groups is 1. The minimum absolute atomic E-state index is 0.128. The first-order chi connectivity index (χ1) is 8.43. The average Bonchev–Trinajstić information content (AvgIpc) is 2.31. The van der Waals surface area contributed by atoms with Crippen LogP contribution in [0.3, 0.4) is 0 Å². The maximum atomic E-state index is 13.3. The summed E-state index contributed by atoms with van der Waals surface area (Å²) in [5.74, 6) is 0.321. The van der Waals surface area contributed by atoms with Crippen molar-refractivity contribution >= 4 is 17.7 Å². The number of carboxylic acids is 1. The highest BCUT2D eigenvalue weighted by atomic mass is 19.1. The van der Waals surface area contributed by atoms with E-state index in [9.17, 15) is 14.0 Å². The van der Waals surface area contributed by atoms with Crippen LogP contribution >= 0.6 is 0 Å². The van der Waals surface area contributed by atoms with Crippen LogP contribution in [-0.4, -0.2) is 23.1 Å². The number of carbonyl (C=O) groups excluding carboxylic acids is 1. The molecule has 0 aliphatic carbocycles. The van der Waals surface area contributed by atoms with Gasteiger partial charge in [0.1, 0.15) is 5.82 Å². The molecule has 0 fully saturated rings. The lowest BCUT2D eigenvalue weighted by atomic mass is 10.2. The van der Waals surface area contributed by atoms with Crippen molar-refractivity contribution in [2.24, 2.45) is 0 Å². The molecule has 6 heteroatoms. The van der Waals surface area contributed by atoms with Crippen LogP contribution in [0.2, 0.25) is 0 Å². The van der Waals surface area contributed by atoms with E-state index in [4.69, 9.17) is 11.5 Å². The fourth-order valence-corrected chi connectivity index (χ4v) is 1.15.